The molecule has 150 valence electrons. The van der Waals surface area contributed by atoms with Gasteiger partial charge in [0.1, 0.15) is 5.82 Å². The molecule has 9 heteroatoms. The molecule has 2 aromatic rings. The molecule has 1 N–H and O–H groups in total. The summed E-state index contributed by atoms with van der Waals surface area (Å²) in [5.41, 5.74) is 4.33. The van der Waals surface area contributed by atoms with Crippen LogP contribution < -0.4 is 5.32 Å². The molecule has 0 bridgehead atoms. The molecule has 5 rings (SSSR count). The SMILES string of the molecule is Cc1nc2c(n1C)-c1nc(NC3CCN(S(=O)(=O)C4CC4)CC3)ncc1CC2. The molecule has 3 aliphatic rings. The van der Waals surface area contributed by atoms with Gasteiger partial charge in [0.15, 0.2) is 0 Å². The van der Waals surface area contributed by atoms with Crippen LogP contribution in [0.5, 0.6) is 0 Å². The summed E-state index contributed by atoms with van der Waals surface area (Å²) >= 11 is 0. The standard InChI is InChI=1S/C19H26N6O2S/c1-12-21-16-6-3-13-11-20-19(23-17(13)18(16)24(12)2)22-14-7-9-25(10-8-14)28(26,27)15-4-5-15/h11,14-15H,3-10H2,1-2H3,(H,20,22,23). The highest BCUT2D eigenvalue weighted by molar-refractivity contribution is 7.90. The predicted molar refractivity (Wildman–Crippen MR) is 107 cm³/mol. The lowest BCUT2D eigenvalue weighted by Gasteiger charge is -2.31. The summed E-state index contributed by atoms with van der Waals surface area (Å²) in [5.74, 6) is 1.61. The topological polar surface area (TPSA) is 93.0 Å². The summed E-state index contributed by atoms with van der Waals surface area (Å²) in [6, 6.07) is 0.194. The number of aromatic nitrogens is 4. The Morgan fingerprint density at radius 1 is 1.11 bits per heavy atom. The lowest BCUT2D eigenvalue weighted by molar-refractivity contribution is 0.328. The van der Waals surface area contributed by atoms with Crippen molar-refractivity contribution in [2.75, 3.05) is 18.4 Å². The number of rotatable bonds is 4. The molecule has 1 saturated carbocycles. The first-order valence-corrected chi connectivity index (χ1v) is 11.6. The van der Waals surface area contributed by atoms with Crippen LogP contribution >= 0.6 is 0 Å². The molecule has 3 heterocycles. The van der Waals surface area contributed by atoms with Crippen LogP contribution in [0.2, 0.25) is 0 Å². The van der Waals surface area contributed by atoms with Gasteiger partial charge >= 0.3 is 0 Å². The van der Waals surface area contributed by atoms with Crippen molar-refractivity contribution in [3.8, 4) is 11.4 Å². The molecule has 0 amide bonds. The Hall–Kier alpha value is -2.00. The van der Waals surface area contributed by atoms with Gasteiger partial charge in [-0.2, -0.15) is 0 Å². The lowest BCUT2D eigenvalue weighted by atomic mass is 9.98. The number of hydrogen-bond acceptors (Lipinski definition) is 6. The van der Waals surface area contributed by atoms with Gasteiger partial charge in [-0.1, -0.05) is 0 Å². The second-order valence-electron chi connectivity index (χ2n) is 8.14. The van der Waals surface area contributed by atoms with E-state index in [0.29, 0.717) is 19.0 Å². The summed E-state index contributed by atoms with van der Waals surface area (Å²) in [4.78, 5) is 14.0. The summed E-state index contributed by atoms with van der Waals surface area (Å²) in [7, 11) is -1.04. The Morgan fingerprint density at radius 3 is 2.57 bits per heavy atom. The van der Waals surface area contributed by atoms with Gasteiger partial charge in [0, 0.05) is 32.4 Å². The fourth-order valence-electron chi connectivity index (χ4n) is 4.28. The van der Waals surface area contributed by atoms with Crippen LogP contribution in [0.15, 0.2) is 6.20 Å². The van der Waals surface area contributed by atoms with E-state index in [-0.39, 0.29) is 11.3 Å². The van der Waals surface area contributed by atoms with E-state index < -0.39 is 10.0 Å². The molecule has 1 saturated heterocycles. The third kappa shape index (κ3) is 3.00. The second-order valence-corrected chi connectivity index (χ2v) is 10.4. The third-order valence-corrected chi connectivity index (χ3v) is 8.60. The Bertz CT molecular complexity index is 1020. The molecule has 2 aromatic heterocycles. The van der Waals surface area contributed by atoms with Gasteiger partial charge < -0.3 is 9.88 Å². The Kier molecular flexibility index (Phi) is 4.20. The molecule has 8 nitrogen and oxygen atoms in total. The number of anilines is 1. The van der Waals surface area contributed by atoms with Crippen molar-refractivity contribution in [2.45, 2.75) is 56.7 Å². The van der Waals surface area contributed by atoms with Crippen LogP contribution in [0, 0.1) is 6.92 Å². The number of nitrogens with one attached hydrogen (secondary N) is 1. The van der Waals surface area contributed by atoms with Crippen molar-refractivity contribution >= 4 is 16.0 Å². The molecular formula is C19H26N6O2S. The Labute approximate surface area is 165 Å². The fraction of sp³-hybridized carbons (Fsp3) is 0.632. The first-order chi connectivity index (χ1) is 13.4. The van der Waals surface area contributed by atoms with E-state index in [1.807, 2.05) is 20.2 Å². The van der Waals surface area contributed by atoms with Crippen LogP contribution in [0.3, 0.4) is 0 Å². The molecule has 1 aliphatic heterocycles. The van der Waals surface area contributed by atoms with Gasteiger partial charge in [0.25, 0.3) is 0 Å². The van der Waals surface area contributed by atoms with E-state index in [1.54, 1.807) is 4.31 Å². The van der Waals surface area contributed by atoms with Crippen LogP contribution in [0.4, 0.5) is 5.95 Å². The molecule has 0 spiro atoms. The van der Waals surface area contributed by atoms with E-state index in [9.17, 15) is 8.42 Å². The number of hydrogen-bond donors (Lipinski definition) is 1. The summed E-state index contributed by atoms with van der Waals surface area (Å²) < 4.78 is 28.6. The quantitative estimate of drug-likeness (QED) is 0.836. The minimum atomic E-state index is -3.07. The number of aryl methyl sites for hydroxylation is 3. The van der Waals surface area contributed by atoms with Gasteiger partial charge in [-0.15, -0.1) is 0 Å². The highest BCUT2D eigenvalue weighted by Crippen LogP contribution is 2.34. The minimum Gasteiger partial charge on any atom is -0.351 e. The van der Waals surface area contributed by atoms with Crippen molar-refractivity contribution in [3.05, 3.63) is 23.3 Å². The number of imidazole rings is 1. The predicted octanol–water partition coefficient (Wildman–Crippen LogP) is 1.65. The van der Waals surface area contributed by atoms with Gasteiger partial charge in [-0.05, 0) is 51.0 Å². The van der Waals surface area contributed by atoms with Crippen LogP contribution in [-0.2, 0) is 29.9 Å². The number of nitrogens with zero attached hydrogens (tertiary/aromatic N) is 5. The van der Waals surface area contributed by atoms with E-state index in [0.717, 1.165) is 67.0 Å². The van der Waals surface area contributed by atoms with Crippen molar-refractivity contribution < 1.29 is 8.42 Å². The Morgan fingerprint density at radius 2 is 1.86 bits per heavy atom. The maximum atomic E-state index is 12.4. The maximum Gasteiger partial charge on any atom is 0.223 e. The molecule has 2 fully saturated rings. The van der Waals surface area contributed by atoms with Crippen LogP contribution in [0.25, 0.3) is 11.4 Å². The van der Waals surface area contributed by atoms with Crippen LogP contribution in [-0.4, -0.2) is 56.6 Å². The van der Waals surface area contributed by atoms with Gasteiger partial charge in [-0.25, -0.2) is 27.7 Å². The first-order valence-electron chi connectivity index (χ1n) is 10.1. The average Bonchev–Trinajstić information content (AvgIpc) is 3.50. The zero-order valence-corrected chi connectivity index (χ0v) is 17.2. The molecule has 28 heavy (non-hydrogen) atoms. The molecular weight excluding hydrogens is 376 g/mol. The number of fused-ring (bicyclic) bond motifs is 3. The summed E-state index contributed by atoms with van der Waals surface area (Å²) in [6.07, 6.45) is 6.95. The van der Waals surface area contributed by atoms with E-state index in [1.165, 1.54) is 0 Å². The Balaban J connectivity index is 1.31. The number of piperidine rings is 1. The molecule has 0 unspecified atom stereocenters. The van der Waals surface area contributed by atoms with Crippen molar-refractivity contribution in [1.29, 1.82) is 0 Å². The zero-order valence-electron chi connectivity index (χ0n) is 16.3. The normalized spacial score (nSPS) is 20.6. The summed E-state index contributed by atoms with van der Waals surface area (Å²) in [5, 5.41) is 3.30. The average molecular weight is 403 g/mol. The largest absolute Gasteiger partial charge is 0.351 e. The molecule has 0 aromatic carbocycles. The first kappa shape index (κ1) is 18.1. The zero-order chi connectivity index (χ0) is 19.5. The smallest absolute Gasteiger partial charge is 0.223 e. The third-order valence-electron chi connectivity index (χ3n) is 6.20. The molecule has 0 atom stereocenters. The maximum absolute atomic E-state index is 12.4. The highest BCUT2D eigenvalue weighted by Gasteiger charge is 2.41. The van der Waals surface area contributed by atoms with E-state index >= 15 is 0 Å². The van der Waals surface area contributed by atoms with Gasteiger partial charge in [0.05, 0.1) is 22.3 Å². The van der Waals surface area contributed by atoms with Crippen molar-refractivity contribution in [2.24, 2.45) is 7.05 Å². The van der Waals surface area contributed by atoms with Crippen molar-refractivity contribution in [3.63, 3.8) is 0 Å². The van der Waals surface area contributed by atoms with Crippen molar-refractivity contribution in [1.82, 2.24) is 23.8 Å². The minimum absolute atomic E-state index is 0.127. The van der Waals surface area contributed by atoms with Crippen LogP contribution in [0.1, 0.15) is 42.8 Å². The molecule has 2 aliphatic carbocycles. The fourth-order valence-corrected chi connectivity index (χ4v) is 6.15. The van der Waals surface area contributed by atoms with Gasteiger partial charge in [-0.3, -0.25) is 0 Å². The van der Waals surface area contributed by atoms with E-state index in [2.05, 4.69) is 19.9 Å². The molecule has 0 radical (unpaired) electrons. The second kappa shape index (κ2) is 6.52. The lowest BCUT2D eigenvalue weighted by Crippen LogP contribution is -2.43. The van der Waals surface area contributed by atoms with Gasteiger partial charge in [0.2, 0.25) is 16.0 Å². The summed E-state index contributed by atoms with van der Waals surface area (Å²) in [6.45, 7) is 3.17. The number of sulfonamides is 1. The van der Waals surface area contributed by atoms with E-state index in [4.69, 9.17) is 4.98 Å². The highest BCUT2D eigenvalue weighted by atomic mass is 32.2. The monoisotopic (exact) mass is 402 g/mol.